The van der Waals surface area contributed by atoms with Gasteiger partial charge in [-0.25, -0.2) is 9.97 Å². The molecule has 0 bridgehead atoms. The number of hydrogen-bond acceptors (Lipinski definition) is 5. The van der Waals surface area contributed by atoms with Crippen molar-refractivity contribution < 1.29 is 9.53 Å². The third-order valence-corrected chi connectivity index (χ3v) is 3.01. The molecule has 0 saturated carbocycles. The first-order chi connectivity index (χ1) is 9.04. The van der Waals surface area contributed by atoms with E-state index in [1.807, 2.05) is 0 Å². The smallest absolute Gasteiger partial charge is 0.313 e. The van der Waals surface area contributed by atoms with E-state index < -0.39 is 5.41 Å². The molecular weight excluding hydrogens is 242 g/mol. The summed E-state index contributed by atoms with van der Waals surface area (Å²) in [4.78, 5) is 20.7. The highest BCUT2D eigenvalue weighted by molar-refractivity contribution is 5.77. The second kappa shape index (κ2) is 7.19. The van der Waals surface area contributed by atoms with Gasteiger partial charge in [-0.05, 0) is 25.3 Å². The Labute approximate surface area is 114 Å². The largest absolute Gasteiger partial charge is 0.466 e. The minimum absolute atomic E-state index is 0.238. The Balaban J connectivity index is 2.98. The summed E-state index contributed by atoms with van der Waals surface area (Å²) in [5.41, 5.74) is 5.15. The molecule has 2 N–H and O–H groups in total. The third-order valence-electron chi connectivity index (χ3n) is 3.01. The monoisotopic (exact) mass is 265 g/mol. The molecule has 1 heterocycles. The number of rotatable bonds is 7. The molecule has 0 aromatic carbocycles. The van der Waals surface area contributed by atoms with E-state index in [1.54, 1.807) is 25.4 Å². The zero-order chi connectivity index (χ0) is 14.3. The summed E-state index contributed by atoms with van der Waals surface area (Å²) in [6.45, 7) is 6.52. The molecule has 0 aliphatic rings. The van der Waals surface area contributed by atoms with Gasteiger partial charge in [0.1, 0.15) is 5.82 Å². The van der Waals surface area contributed by atoms with Gasteiger partial charge in [-0.15, -0.1) is 0 Å². The minimum atomic E-state index is -0.731. The van der Waals surface area contributed by atoms with Crippen LogP contribution in [-0.4, -0.2) is 29.1 Å². The normalized spacial score (nSPS) is 14.2. The second-order valence-corrected chi connectivity index (χ2v) is 5.14. The molecule has 1 atom stereocenters. The summed E-state index contributed by atoms with van der Waals surface area (Å²) in [6, 6.07) is 1.75. The summed E-state index contributed by atoms with van der Waals surface area (Å²) in [5, 5.41) is 0. The van der Waals surface area contributed by atoms with Gasteiger partial charge in [0.15, 0.2) is 0 Å². The summed E-state index contributed by atoms with van der Waals surface area (Å²) < 4.78 is 5.20. The number of esters is 1. The number of nitrogens with zero attached hydrogens (tertiary/aromatic N) is 2. The van der Waals surface area contributed by atoms with Crippen molar-refractivity contribution in [1.29, 1.82) is 0 Å². The van der Waals surface area contributed by atoms with E-state index >= 15 is 0 Å². The summed E-state index contributed by atoms with van der Waals surface area (Å²) in [6.07, 6.45) is 4.43. The Hall–Kier alpha value is -1.49. The molecule has 1 rings (SSSR count). The number of aromatic nitrogens is 2. The van der Waals surface area contributed by atoms with E-state index in [0.29, 0.717) is 31.2 Å². The number of hydrogen-bond donors (Lipinski definition) is 1. The predicted molar refractivity (Wildman–Crippen MR) is 73.3 cm³/mol. The van der Waals surface area contributed by atoms with Crippen molar-refractivity contribution in [3.05, 3.63) is 24.3 Å². The van der Waals surface area contributed by atoms with Crippen molar-refractivity contribution >= 4 is 5.97 Å². The average Bonchev–Trinajstić information content (AvgIpc) is 2.38. The van der Waals surface area contributed by atoms with Gasteiger partial charge in [-0.3, -0.25) is 4.79 Å². The van der Waals surface area contributed by atoms with E-state index in [4.69, 9.17) is 10.5 Å². The Morgan fingerprint density at radius 1 is 1.42 bits per heavy atom. The first-order valence-electron chi connectivity index (χ1n) is 6.67. The first kappa shape index (κ1) is 15.6. The zero-order valence-corrected chi connectivity index (χ0v) is 11.9. The van der Waals surface area contributed by atoms with Crippen LogP contribution >= 0.6 is 0 Å². The quantitative estimate of drug-likeness (QED) is 0.757. The highest BCUT2D eigenvalue weighted by atomic mass is 16.5. The molecule has 1 unspecified atom stereocenters. The minimum Gasteiger partial charge on any atom is -0.466 e. The number of nitrogens with two attached hydrogens (primary N) is 1. The maximum Gasteiger partial charge on any atom is 0.313 e. The van der Waals surface area contributed by atoms with Crippen LogP contribution in [0.1, 0.15) is 33.0 Å². The third kappa shape index (κ3) is 4.28. The van der Waals surface area contributed by atoms with Gasteiger partial charge in [0.05, 0.1) is 12.0 Å². The molecule has 19 heavy (non-hydrogen) atoms. The summed E-state index contributed by atoms with van der Waals surface area (Å²) in [5.74, 6) is 0.719. The molecule has 1 aromatic rings. The lowest BCUT2D eigenvalue weighted by Crippen LogP contribution is -2.43. The number of carbonyl (C=O) groups excluding carboxylic acids is 1. The fraction of sp³-hybridized carbons (Fsp3) is 0.643. The van der Waals surface area contributed by atoms with Gasteiger partial charge in [0, 0.05) is 25.4 Å². The topological polar surface area (TPSA) is 78.1 Å². The van der Waals surface area contributed by atoms with E-state index in [1.165, 1.54) is 0 Å². The van der Waals surface area contributed by atoms with Crippen LogP contribution in [0.15, 0.2) is 18.5 Å². The lowest BCUT2D eigenvalue weighted by molar-refractivity contribution is -0.156. The molecule has 1 aromatic heterocycles. The van der Waals surface area contributed by atoms with E-state index in [0.717, 1.165) is 0 Å². The van der Waals surface area contributed by atoms with Crippen molar-refractivity contribution in [3.63, 3.8) is 0 Å². The van der Waals surface area contributed by atoms with Crippen LogP contribution in [0.25, 0.3) is 0 Å². The Morgan fingerprint density at radius 3 is 2.53 bits per heavy atom. The van der Waals surface area contributed by atoms with E-state index in [9.17, 15) is 4.79 Å². The van der Waals surface area contributed by atoms with Crippen LogP contribution in [-0.2, 0) is 16.0 Å². The van der Waals surface area contributed by atoms with Crippen LogP contribution in [0.2, 0.25) is 0 Å². The van der Waals surface area contributed by atoms with Crippen molar-refractivity contribution in [1.82, 2.24) is 9.97 Å². The van der Waals surface area contributed by atoms with Gasteiger partial charge in [0.25, 0.3) is 0 Å². The van der Waals surface area contributed by atoms with Crippen molar-refractivity contribution in [2.45, 2.75) is 33.6 Å². The molecule has 0 aliphatic heterocycles. The van der Waals surface area contributed by atoms with Gasteiger partial charge < -0.3 is 10.5 Å². The molecule has 0 amide bonds. The highest BCUT2D eigenvalue weighted by Gasteiger charge is 2.40. The average molecular weight is 265 g/mol. The van der Waals surface area contributed by atoms with Crippen LogP contribution in [0.4, 0.5) is 0 Å². The molecule has 0 saturated heterocycles. The molecule has 106 valence electrons. The first-order valence-corrected chi connectivity index (χ1v) is 6.67. The zero-order valence-electron chi connectivity index (χ0n) is 11.9. The SMILES string of the molecule is CCOC(=O)C(CN)(Cc1ncccn1)CC(C)C. The van der Waals surface area contributed by atoms with Crippen LogP contribution in [0.3, 0.4) is 0 Å². The number of ether oxygens (including phenoxy) is 1. The molecular formula is C14H23N3O2. The van der Waals surface area contributed by atoms with E-state index in [2.05, 4.69) is 23.8 Å². The van der Waals surface area contributed by atoms with Gasteiger partial charge in [0.2, 0.25) is 0 Å². The maximum atomic E-state index is 12.3. The summed E-state index contributed by atoms with van der Waals surface area (Å²) in [7, 11) is 0. The molecule has 0 aliphatic carbocycles. The Bertz CT molecular complexity index is 395. The maximum absolute atomic E-state index is 12.3. The van der Waals surface area contributed by atoms with Crippen LogP contribution in [0, 0.1) is 11.3 Å². The van der Waals surface area contributed by atoms with Crippen molar-refractivity contribution in [3.8, 4) is 0 Å². The van der Waals surface area contributed by atoms with E-state index in [-0.39, 0.29) is 12.5 Å². The molecule has 5 nitrogen and oxygen atoms in total. The Kier molecular flexibility index (Phi) is 5.89. The lowest BCUT2D eigenvalue weighted by Gasteiger charge is -2.31. The highest BCUT2D eigenvalue weighted by Crippen LogP contribution is 2.30. The second-order valence-electron chi connectivity index (χ2n) is 5.14. The molecule has 5 heteroatoms. The van der Waals surface area contributed by atoms with Crippen molar-refractivity contribution in [2.24, 2.45) is 17.1 Å². The fourth-order valence-corrected chi connectivity index (χ4v) is 2.26. The number of carbonyl (C=O) groups is 1. The molecule has 0 fully saturated rings. The van der Waals surface area contributed by atoms with Crippen LogP contribution in [0.5, 0.6) is 0 Å². The van der Waals surface area contributed by atoms with Gasteiger partial charge in [-0.1, -0.05) is 13.8 Å². The predicted octanol–water partition coefficient (Wildman–Crippen LogP) is 1.57. The molecule has 0 radical (unpaired) electrons. The van der Waals surface area contributed by atoms with Gasteiger partial charge >= 0.3 is 5.97 Å². The van der Waals surface area contributed by atoms with Crippen molar-refractivity contribution in [2.75, 3.05) is 13.2 Å². The summed E-state index contributed by atoms with van der Waals surface area (Å²) >= 11 is 0. The van der Waals surface area contributed by atoms with Crippen LogP contribution < -0.4 is 5.73 Å². The van der Waals surface area contributed by atoms with Gasteiger partial charge in [-0.2, -0.15) is 0 Å². The Morgan fingerprint density at radius 2 is 2.05 bits per heavy atom. The fourth-order valence-electron chi connectivity index (χ4n) is 2.26. The lowest BCUT2D eigenvalue weighted by atomic mass is 9.77. The standard InChI is InChI=1S/C14H23N3O2/c1-4-19-13(18)14(10-15,8-11(2)3)9-12-16-6-5-7-17-12/h5-7,11H,4,8-10,15H2,1-3H3. The molecule has 0 spiro atoms.